The van der Waals surface area contributed by atoms with Crippen LogP contribution < -0.4 is 16.4 Å². The number of nitrogens with two attached hydrogens (primary N) is 1. The van der Waals surface area contributed by atoms with Crippen LogP contribution in [-0.4, -0.2) is 89.9 Å². The summed E-state index contributed by atoms with van der Waals surface area (Å²) in [6.45, 7) is 8.21. The van der Waals surface area contributed by atoms with Crippen molar-refractivity contribution in [1.29, 1.82) is 0 Å². The van der Waals surface area contributed by atoms with E-state index in [2.05, 4.69) is 47.4 Å². The fourth-order valence-corrected chi connectivity index (χ4v) is 13.0. The van der Waals surface area contributed by atoms with Gasteiger partial charge in [-0.15, -0.1) is 4.99 Å². The SMILES string of the molecule is COC1CC2CCC(=O)[C@]3(C#C[C@@H](CC[C@H](O)[C@H](CCC(C)C)CC4CC(N)NCC4CC4=C[CH+]N=C4)C2CC1O)CC[C@H](CC[C@H]1CN[C@@H]2CC(=O)CC[C@H]2C1)C[C@H]3O. The highest BCUT2D eigenvalue weighted by Crippen LogP contribution is 2.47. The number of hydrogen-bond donors (Lipinski definition) is 6. The zero-order valence-corrected chi connectivity index (χ0v) is 37.1. The number of aliphatic hydroxyl groups is 3. The molecule has 0 aromatic heterocycles. The van der Waals surface area contributed by atoms with E-state index in [9.17, 15) is 24.9 Å². The van der Waals surface area contributed by atoms with Crippen LogP contribution >= 0.6 is 0 Å². The summed E-state index contributed by atoms with van der Waals surface area (Å²) in [6, 6.07) is 0.351. The molecule has 60 heavy (non-hydrogen) atoms. The van der Waals surface area contributed by atoms with E-state index >= 15 is 0 Å². The molecule has 10 heteroatoms. The molecule has 10 nitrogen and oxygen atoms in total. The molecule has 1 spiro atoms. The molecule has 0 bridgehead atoms. The Balaban J connectivity index is 1.04. The first-order chi connectivity index (χ1) is 28.9. The van der Waals surface area contributed by atoms with Gasteiger partial charge in [0.15, 0.2) is 12.0 Å². The topological polar surface area (TPSA) is 166 Å². The second-order valence-corrected chi connectivity index (χ2v) is 21.2. The van der Waals surface area contributed by atoms with Gasteiger partial charge in [0, 0.05) is 51.3 Å². The van der Waals surface area contributed by atoms with Gasteiger partial charge in [-0.1, -0.05) is 38.5 Å². The fraction of sp³-hybridized carbons (Fsp3) is 0.840. The maximum Gasteiger partial charge on any atom is 0.176 e. The molecule has 2 saturated heterocycles. The van der Waals surface area contributed by atoms with Gasteiger partial charge in [0.2, 0.25) is 0 Å². The lowest BCUT2D eigenvalue weighted by atomic mass is 9.64. The lowest BCUT2D eigenvalue weighted by molar-refractivity contribution is -0.135. The van der Waals surface area contributed by atoms with Gasteiger partial charge in [0.25, 0.3) is 0 Å². The average Bonchev–Trinajstić information content (AvgIpc) is 3.76. The van der Waals surface area contributed by atoms with E-state index in [1.54, 1.807) is 7.11 Å². The van der Waals surface area contributed by atoms with Gasteiger partial charge in [0.1, 0.15) is 23.3 Å². The van der Waals surface area contributed by atoms with Crippen LogP contribution in [-0.2, 0) is 14.3 Å². The first-order valence-electron chi connectivity index (χ1n) is 24.3. The highest BCUT2D eigenvalue weighted by Gasteiger charge is 2.49. The summed E-state index contributed by atoms with van der Waals surface area (Å²) < 4.78 is 5.77. The van der Waals surface area contributed by atoms with Crippen molar-refractivity contribution < 1.29 is 29.6 Å². The smallest absolute Gasteiger partial charge is 0.176 e. The largest absolute Gasteiger partial charge is 0.393 e. The third kappa shape index (κ3) is 11.3. The molecular formula is C50H79N4O6+. The Morgan fingerprint density at radius 2 is 1.77 bits per heavy atom. The molecule has 3 heterocycles. The summed E-state index contributed by atoms with van der Waals surface area (Å²) in [6.07, 6.45) is 18.2. The van der Waals surface area contributed by atoms with Gasteiger partial charge in [-0.05, 0) is 150 Å². The number of nitrogens with zero attached hydrogens (tertiary/aromatic N) is 1. The van der Waals surface area contributed by atoms with E-state index in [1.807, 2.05) is 12.8 Å². The lowest BCUT2D eigenvalue weighted by Crippen LogP contribution is -2.49. The number of hydrogen-bond acceptors (Lipinski definition) is 10. The molecule has 5 fully saturated rings. The van der Waals surface area contributed by atoms with Crippen molar-refractivity contribution in [3.8, 4) is 11.8 Å². The number of fused-ring (bicyclic) bond motifs is 2. The zero-order valence-electron chi connectivity index (χ0n) is 37.1. The third-order valence-corrected chi connectivity index (χ3v) is 16.8. The Labute approximate surface area is 361 Å². The summed E-state index contributed by atoms with van der Waals surface area (Å²) >= 11 is 0. The summed E-state index contributed by atoms with van der Waals surface area (Å²) in [5.41, 5.74) is 6.69. The van der Waals surface area contributed by atoms with E-state index in [0.717, 1.165) is 77.3 Å². The number of nitrogens with one attached hydrogen (secondary N) is 2. The van der Waals surface area contributed by atoms with E-state index in [1.165, 1.54) is 12.0 Å². The van der Waals surface area contributed by atoms with Crippen LogP contribution in [0.25, 0.3) is 0 Å². The summed E-state index contributed by atoms with van der Waals surface area (Å²) in [5, 5.41) is 42.7. The molecule has 7 aliphatic rings. The van der Waals surface area contributed by atoms with Gasteiger partial charge >= 0.3 is 0 Å². The fourth-order valence-electron chi connectivity index (χ4n) is 13.0. The van der Waals surface area contributed by atoms with Crippen molar-refractivity contribution in [3.05, 3.63) is 18.2 Å². The van der Waals surface area contributed by atoms with E-state index in [4.69, 9.17) is 10.5 Å². The Hall–Kier alpha value is -2.10. The number of methoxy groups -OCH3 is 1. The van der Waals surface area contributed by atoms with Crippen molar-refractivity contribution in [2.75, 3.05) is 20.2 Å². The molecule has 4 aliphatic carbocycles. The summed E-state index contributed by atoms with van der Waals surface area (Å²) in [7, 11) is 1.67. The van der Waals surface area contributed by atoms with Gasteiger partial charge in [-0.25, -0.2) is 0 Å². The Morgan fingerprint density at radius 3 is 2.53 bits per heavy atom. The predicted molar refractivity (Wildman–Crippen MR) is 236 cm³/mol. The standard InChI is InChI=1S/C50H79N4O6/c1-31(2)4-7-38(23-39-25-49(51)54-30-40(39)21-34-16-19-52-28-34)44(56)12-9-35-15-18-50(47(58)13-10-36-24-46(60-3)45(57)27-42(35)36)17-14-32(22-48(50)59)5-6-33-20-37-8-11-41(55)26-43(37)53-29-33/h16,19,28,31-33,35-40,42-46,48-49,53-54,56-57,59H,4-14,17,20-27,29-30,51H2,1-3H3/q+1/t32-,33+,35+,36?,37-,38+,39?,40?,42?,43+,44-,45?,46?,48+,49?,50+/m0/s1. The second-order valence-electron chi connectivity index (χ2n) is 21.2. The van der Waals surface area contributed by atoms with Crippen molar-refractivity contribution in [2.24, 2.45) is 75.3 Å². The molecular weight excluding hydrogens is 753 g/mol. The van der Waals surface area contributed by atoms with Crippen LogP contribution in [0.3, 0.4) is 0 Å². The highest BCUT2D eigenvalue weighted by molar-refractivity contribution is 5.89. The number of carbonyl (C=O) groups excluding carboxylic acids is 2. The van der Waals surface area contributed by atoms with Gasteiger partial charge in [-0.2, -0.15) is 0 Å². The van der Waals surface area contributed by atoms with Crippen LogP contribution in [0.15, 0.2) is 16.6 Å². The first-order valence-corrected chi connectivity index (χ1v) is 24.3. The molecule has 334 valence electrons. The number of aliphatic hydroxyl groups excluding tert-OH is 3. The zero-order chi connectivity index (χ0) is 42.4. The maximum atomic E-state index is 14.4. The lowest BCUT2D eigenvalue weighted by Gasteiger charge is -2.42. The van der Waals surface area contributed by atoms with E-state index in [-0.39, 0.29) is 41.7 Å². The molecule has 7 N–H and O–H groups in total. The first kappa shape index (κ1) is 45.9. The molecule has 0 aromatic carbocycles. The Morgan fingerprint density at radius 1 is 0.950 bits per heavy atom. The molecule has 0 aromatic rings. The summed E-state index contributed by atoms with van der Waals surface area (Å²) in [5.74, 6) is 10.9. The molecule has 3 saturated carbocycles. The van der Waals surface area contributed by atoms with Gasteiger partial charge in [0.05, 0.1) is 36.7 Å². The minimum absolute atomic E-state index is 0.0420. The van der Waals surface area contributed by atoms with E-state index < -0.39 is 23.7 Å². The number of aliphatic imine (C=N–C) groups is 1. The van der Waals surface area contributed by atoms with Crippen molar-refractivity contribution >= 4 is 17.8 Å². The van der Waals surface area contributed by atoms with Crippen molar-refractivity contribution in [2.45, 2.75) is 179 Å². The van der Waals surface area contributed by atoms with Crippen LogP contribution in [0.2, 0.25) is 0 Å². The maximum absolute atomic E-state index is 14.4. The van der Waals surface area contributed by atoms with Crippen LogP contribution in [0.5, 0.6) is 0 Å². The quantitative estimate of drug-likeness (QED) is 0.0821. The van der Waals surface area contributed by atoms with E-state index in [0.29, 0.717) is 105 Å². The Kier molecular flexibility index (Phi) is 16.1. The molecule has 3 aliphatic heterocycles. The number of Topliss-reactive ketones (excluding diaryl/α,β-unsaturated/α-hetero) is 2. The van der Waals surface area contributed by atoms with Gasteiger partial charge < -0.3 is 36.4 Å². The van der Waals surface area contributed by atoms with Crippen LogP contribution in [0.4, 0.5) is 0 Å². The average molecular weight is 832 g/mol. The Bertz CT molecular complexity index is 1570. The second kappa shape index (κ2) is 21.1. The van der Waals surface area contributed by atoms with Crippen molar-refractivity contribution in [1.82, 2.24) is 10.6 Å². The normalized spacial score (nSPS) is 40.6. The monoisotopic (exact) mass is 832 g/mol. The number of ketones is 2. The third-order valence-electron chi connectivity index (χ3n) is 16.8. The molecule has 7 unspecified atom stereocenters. The number of piperidine rings is 2. The number of rotatable bonds is 15. The molecule has 0 radical (unpaired) electrons. The van der Waals surface area contributed by atoms with Gasteiger partial charge in [-0.3, -0.25) is 9.59 Å². The molecule has 7 rings (SSSR count). The molecule has 16 atom stereocenters. The minimum atomic E-state index is -1.06. The number of ether oxygens (including phenoxy) is 1. The predicted octanol–water partition coefficient (Wildman–Crippen LogP) is 6.30. The van der Waals surface area contributed by atoms with Crippen molar-refractivity contribution in [3.63, 3.8) is 0 Å². The number of carbonyl (C=O) groups is 2. The summed E-state index contributed by atoms with van der Waals surface area (Å²) in [4.78, 5) is 30.7. The number of allylic oxidation sites excluding steroid dienone is 1. The minimum Gasteiger partial charge on any atom is -0.393 e. The highest BCUT2D eigenvalue weighted by atomic mass is 16.5. The molecule has 0 amide bonds. The van der Waals surface area contributed by atoms with Crippen LogP contribution in [0, 0.1) is 83.0 Å². The van der Waals surface area contributed by atoms with Crippen LogP contribution in [0.1, 0.15) is 142 Å².